The van der Waals surface area contributed by atoms with Gasteiger partial charge in [0, 0.05) is 17.1 Å². The van der Waals surface area contributed by atoms with Crippen molar-refractivity contribution in [1.82, 2.24) is 14.5 Å². The number of aromatic nitrogens is 3. The van der Waals surface area contributed by atoms with Crippen molar-refractivity contribution in [2.45, 2.75) is 44.9 Å². The first-order chi connectivity index (χ1) is 12.2. The van der Waals surface area contributed by atoms with E-state index in [1.807, 2.05) is 6.20 Å². The van der Waals surface area contributed by atoms with E-state index in [0.29, 0.717) is 5.92 Å². The maximum Gasteiger partial charge on any atom is 0.146 e. The van der Waals surface area contributed by atoms with E-state index in [4.69, 9.17) is 4.74 Å². The Morgan fingerprint density at radius 3 is 2.64 bits per heavy atom. The molecule has 4 rings (SSSR count). The van der Waals surface area contributed by atoms with E-state index >= 15 is 0 Å². The number of rotatable bonds is 4. The van der Waals surface area contributed by atoms with E-state index in [0.717, 1.165) is 35.1 Å². The molecule has 1 saturated heterocycles. The van der Waals surface area contributed by atoms with E-state index < -0.39 is 0 Å². The monoisotopic (exact) mass is 337 g/mol. The van der Waals surface area contributed by atoms with Gasteiger partial charge in [-0.25, -0.2) is 9.97 Å². The largest absolute Gasteiger partial charge is 0.394 e. The highest BCUT2D eigenvalue weighted by atomic mass is 16.5. The summed E-state index contributed by atoms with van der Waals surface area (Å²) in [5, 5.41) is 10.3. The maximum absolute atomic E-state index is 9.29. The summed E-state index contributed by atoms with van der Waals surface area (Å²) in [4.78, 5) is 9.00. The quantitative estimate of drug-likeness (QED) is 0.784. The highest BCUT2D eigenvalue weighted by Gasteiger charge is 2.27. The molecule has 1 aromatic carbocycles. The summed E-state index contributed by atoms with van der Waals surface area (Å²) in [5.41, 5.74) is 4.23. The van der Waals surface area contributed by atoms with Crippen LogP contribution in [-0.4, -0.2) is 32.4 Å². The van der Waals surface area contributed by atoms with Gasteiger partial charge in [0.25, 0.3) is 0 Å². The van der Waals surface area contributed by atoms with Crippen LogP contribution in [0.15, 0.2) is 42.9 Å². The molecule has 25 heavy (non-hydrogen) atoms. The molecule has 0 saturated carbocycles. The molecule has 5 heteroatoms. The van der Waals surface area contributed by atoms with Gasteiger partial charge in [0.05, 0.1) is 18.4 Å². The molecule has 2 atom stereocenters. The predicted octanol–water partition coefficient (Wildman–Crippen LogP) is 3.89. The molecular formula is C20H23N3O2. The average molecular weight is 337 g/mol. The molecule has 1 aliphatic heterocycles. The van der Waals surface area contributed by atoms with Gasteiger partial charge >= 0.3 is 0 Å². The second-order valence-corrected chi connectivity index (χ2v) is 6.93. The summed E-state index contributed by atoms with van der Waals surface area (Å²) in [7, 11) is 0. The van der Waals surface area contributed by atoms with Crippen LogP contribution >= 0.6 is 0 Å². The Morgan fingerprint density at radius 1 is 1.16 bits per heavy atom. The van der Waals surface area contributed by atoms with Crippen LogP contribution < -0.4 is 0 Å². The van der Waals surface area contributed by atoms with Crippen molar-refractivity contribution in [2.24, 2.45) is 0 Å². The van der Waals surface area contributed by atoms with Gasteiger partial charge in [0.2, 0.25) is 0 Å². The Labute approximate surface area is 147 Å². The number of fused-ring (bicyclic) bond motifs is 1. The molecule has 1 aliphatic rings. The second kappa shape index (κ2) is 6.58. The SMILES string of the molecule is CC(C)c1ccc(-c2ncnc3c2ccn3C2CCC(CO)O2)cc1. The average Bonchev–Trinajstić information content (AvgIpc) is 3.27. The summed E-state index contributed by atoms with van der Waals surface area (Å²) < 4.78 is 7.96. The van der Waals surface area contributed by atoms with Crippen molar-refractivity contribution in [2.75, 3.05) is 6.61 Å². The lowest BCUT2D eigenvalue weighted by Crippen LogP contribution is -2.14. The number of ether oxygens (including phenoxy) is 1. The molecule has 0 radical (unpaired) electrons. The molecule has 3 aromatic rings. The molecule has 130 valence electrons. The van der Waals surface area contributed by atoms with E-state index in [-0.39, 0.29) is 18.9 Å². The highest BCUT2D eigenvalue weighted by molar-refractivity contribution is 5.90. The van der Waals surface area contributed by atoms with Gasteiger partial charge in [-0.3, -0.25) is 0 Å². The Hall–Kier alpha value is -2.24. The van der Waals surface area contributed by atoms with E-state index in [1.165, 1.54) is 5.56 Å². The number of nitrogens with zero attached hydrogens (tertiary/aromatic N) is 3. The Bertz CT molecular complexity index is 870. The van der Waals surface area contributed by atoms with Crippen LogP contribution in [0.4, 0.5) is 0 Å². The molecule has 0 bridgehead atoms. The zero-order valence-electron chi connectivity index (χ0n) is 14.6. The Balaban J connectivity index is 1.72. The second-order valence-electron chi connectivity index (χ2n) is 6.93. The molecular weight excluding hydrogens is 314 g/mol. The number of aliphatic hydroxyl groups excluding tert-OH is 1. The summed E-state index contributed by atoms with van der Waals surface area (Å²) in [6.45, 7) is 4.46. The lowest BCUT2D eigenvalue weighted by molar-refractivity contribution is -0.0204. The van der Waals surface area contributed by atoms with Gasteiger partial charge < -0.3 is 14.4 Å². The zero-order valence-corrected chi connectivity index (χ0v) is 14.6. The summed E-state index contributed by atoms with van der Waals surface area (Å²) in [6, 6.07) is 10.6. The minimum absolute atomic E-state index is 0.0676. The molecule has 2 aromatic heterocycles. The van der Waals surface area contributed by atoms with Gasteiger partial charge in [0.1, 0.15) is 18.2 Å². The number of aliphatic hydroxyl groups is 1. The third-order valence-corrected chi connectivity index (χ3v) is 4.96. The normalized spacial score (nSPS) is 20.6. The van der Waals surface area contributed by atoms with Crippen LogP contribution in [0.1, 0.15) is 44.4 Å². The number of benzene rings is 1. The fourth-order valence-corrected chi connectivity index (χ4v) is 3.48. The third-order valence-electron chi connectivity index (χ3n) is 4.96. The molecule has 0 amide bonds. The molecule has 2 unspecified atom stereocenters. The lowest BCUT2D eigenvalue weighted by Gasteiger charge is -2.15. The smallest absolute Gasteiger partial charge is 0.146 e. The van der Waals surface area contributed by atoms with Gasteiger partial charge in [-0.15, -0.1) is 0 Å². The van der Waals surface area contributed by atoms with Crippen molar-refractivity contribution in [1.29, 1.82) is 0 Å². The highest BCUT2D eigenvalue weighted by Crippen LogP contribution is 2.33. The van der Waals surface area contributed by atoms with Crippen molar-refractivity contribution < 1.29 is 9.84 Å². The third kappa shape index (κ3) is 2.94. The van der Waals surface area contributed by atoms with Crippen LogP contribution in [0, 0.1) is 0 Å². The number of hydrogen-bond acceptors (Lipinski definition) is 4. The topological polar surface area (TPSA) is 60.2 Å². The fraction of sp³-hybridized carbons (Fsp3) is 0.400. The van der Waals surface area contributed by atoms with Crippen LogP contribution in [0.2, 0.25) is 0 Å². The van der Waals surface area contributed by atoms with E-state index in [2.05, 4.69) is 58.7 Å². The Morgan fingerprint density at radius 2 is 1.96 bits per heavy atom. The summed E-state index contributed by atoms with van der Waals surface area (Å²) in [6.07, 6.45) is 5.24. The van der Waals surface area contributed by atoms with Crippen LogP contribution in [-0.2, 0) is 4.74 Å². The standard InChI is InChI=1S/C20H23N3O2/c1-13(2)14-3-5-15(6-4-14)19-17-9-10-23(20(17)22-12-21-19)18-8-7-16(11-24)25-18/h3-6,9-10,12-13,16,18,24H,7-8,11H2,1-2H3. The number of hydrogen-bond donors (Lipinski definition) is 1. The van der Waals surface area contributed by atoms with Gasteiger partial charge in [0.15, 0.2) is 0 Å². The van der Waals surface area contributed by atoms with Crippen molar-refractivity contribution >= 4 is 11.0 Å². The molecule has 0 spiro atoms. The molecule has 3 heterocycles. The molecule has 1 N–H and O–H groups in total. The lowest BCUT2D eigenvalue weighted by atomic mass is 10.0. The van der Waals surface area contributed by atoms with E-state index in [9.17, 15) is 5.11 Å². The predicted molar refractivity (Wildman–Crippen MR) is 97.3 cm³/mol. The first kappa shape index (κ1) is 16.2. The maximum atomic E-state index is 9.29. The van der Waals surface area contributed by atoms with Crippen molar-refractivity contribution in [3.8, 4) is 11.3 Å². The minimum atomic E-state index is -0.0765. The van der Waals surface area contributed by atoms with Crippen molar-refractivity contribution in [3.63, 3.8) is 0 Å². The van der Waals surface area contributed by atoms with Crippen LogP contribution in [0.25, 0.3) is 22.3 Å². The summed E-state index contributed by atoms with van der Waals surface area (Å²) >= 11 is 0. The van der Waals surface area contributed by atoms with Gasteiger partial charge in [-0.05, 0) is 30.4 Å². The van der Waals surface area contributed by atoms with Crippen LogP contribution in [0.5, 0.6) is 0 Å². The molecule has 0 aliphatic carbocycles. The Kier molecular flexibility index (Phi) is 4.27. The van der Waals surface area contributed by atoms with Crippen molar-refractivity contribution in [3.05, 3.63) is 48.4 Å². The fourth-order valence-electron chi connectivity index (χ4n) is 3.48. The van der Waals surface area contributed by atoms with E-state index in [1.54, 1.807) is 6.33 Å². The first-order valence-electron chi connectivity index (χ1n) is 8.85. The van der Waals surface area contributed by atoms with Gasteiger partial charge in [-0.2, -0.15) is 0 Å². The van der Waals surface area contributed by atoms with Gasteiger partial charge in [-0.1, -0.05) is 38.1 Å². The van der Waals surface area contributed by atoms with Crippen LogP contribution in [0.3, 0.4) is 0 Å². The first-order valence-corrected chi connectivity index (χ1v) is 8.85. The minimum Gasteiger partial charge on any atom is -0.394 e. The molecule has 1 fully saturated rings. The summed E-state index contributed by atoms with van der Waals surface area (Å²) in [5.74, 6) is 0.513. The zero-order chi connectivity index (χ0) is 17.4. The molecule has 5 nitrogen and oxygen atoms in total.